The standard InChI is InChI=1S/C23H18N2O2S/c26-22-21(28-23(25-22)24-19-9-5-2-6-10-19)15-17-11-13-20(14-12-17)27-16-18-7-3-1-4-8-18/h1-15H,16H2,(H,24,25,26). The highest BCUT2D eigenvalue weighted by molar-refractivity contribution is 8.18. The molecule has 0 saturated carbocycles. The summed E-state index contributed by atoms with van der Waals surface area (Å²) in [6, 6.07) is 27.3. The Hall–Kier alpha value is -3.31. The first-order valence-electron chi connectivity index (χ1n) is 8.88. The zero-order valence-electron chi connectivity index (χ0n) is 15.0. The van der Waals surface area contributed by atoms with Gasteiger partial charge in [-0.3, -0.25) is 4.79 Å². The molecule has 138 valence electrons. The predicted molar refractivity (Wildman–Crippen MR) is 114 cm³/mol. The van der Waals surface area contributed by atoms with Gasteiger partial charge in [0, 0.05) is 0 Å². The van der Waals surface area contributed by atoms with E-state index in [0.29, 0.717) is 16.7 Å². The van der Waals surface area contributed by atoms with E-state index < -0.39 is 0 Å². The quantitative estimate of drug-likeness (QED) is 0.617. The predicted octanol–water partition coefficient (Wildman–Crippen LogP) is 5.16. The fourth-order valence-corrected chi connectivity index (χ4v) is 3.49. The number of rotatable bonds is 5. The lowest BCUT2D eigenvalue weighted by Gasteiger charge is -2.06. The largest absolute Gasteiger partial charge is 0.489 e. The molecule has 3 aromatic carbocycles. The summed E-state index contributed by atoms with van der Waals surface area (Å²) in [6.07, 6.45) is 1.86. The zero-order valence-corrected chi connectivity index (χ0v) is 15.9. The third kappa shape index (κ3) is 4.69. The van der Waals surface area contributed by atoms with Crippen LogP contribution in [0.25, 0.3) is 6.08 Å². The van der Waals surface area contributed by atoms with Gasteiger partial charge in [0.05, 0.1) is 10.6 Å². The molecule has 0 spiro atoms. The number of nitrogens with zero attached hydrogens (tertiary/aromatic N) is 1. The van der Waals surface area contributed by atoms with Gasteiger partial charge >= 0.3 is 0 Å². The van der Waals surface area contributed by atoms with Crippen LogP contribution in [0.15, 0.2) is 94.8 Å². The van der Waals surface area contributed by atoms with E-state index in [4.69, 9.17) is 4.74 Å². The van der Waals surface area contributed by atoms with Crippen molar-refractivity contribution in [3.63, 3.8) is 0 Å². The number of carbonyl (C=O) groups excluding carboxylic acids is 1. The van der Waals surface area contributed by atoms with Crippen molar-refractivity contribution in [1.29, 1.82) is 0 Å². The molecule has 4 nitrogen and oxygen atoms in total. The van der Waals surface area contributed by atoms with Crippen LogP contribution in [0.1, 0.15) is 11.1 Å². The first-order valence-corrected chi connectivity index (χ1v) is 9.69. The smallest absolute Gasteiger partial charge is 0.264 e. The maximum Gasteiger partial charge on any atom is 0.264 e. The van der Waals surface area contributed by atoms with Gasteiger partial charge in [0.15, 0.2) is 5.17 Å². The Morgan fingerprint density at radius 1 is 0.893 bits per heavy atom. The van der Waals surface area contributed by atoms with Crippen LogP contribution in [-0.2, 0) is 11.4 Å². The van der Waals surface area contributed by atoms with E-state index in [0.717, 1.165) is 22.6 Å². The average molecular weight is 386 g/mol. The highest BCUT2D eigenvalue weighted by atomic mass is 32.2. The second-order valence-electron chi connectivity index (χ2n) is 6.16. The van der Waals surface area contributed by atoms with Crippen LogP contribution in [0.2, 0.25) is 0 Å². The summed E-state index contributed by atoms with van der Waals surface area (Å²) in [5.74, 6) is 0.657. The highest BCUT2D eigenvalue weighted by Gasteiger charge is 2.23. The number of amides is 1. The molecule has 1 fully saturated rings. The lowest BCUT2D eigenvalue weighted by atomic mass is 10.2. The monoisotopic (exact) mass is 386 g/mol. The van der Waals surface area contributed by atoms with Gasteiger partial charge in [0.25, 0.3) is 5.91 Å². The first kappa shape index (κ1) is 18.1. The Morgan fingerprint density at radius 2 is 1.57 bits per heavy atom. The van der Waals surface area contributed by atoms with E-state index in [1.807, 2.05) is 91.0 Å². The number of hydrogen-bond acceptors (Lipinski definition) is 4. The van der Waals surface area contributed by atoms with Gasteiger partial charge < -0.3 is 10.1 Å². The molecule has 1 aliphatic rings. The number of ether oxygens (including phenoxy) is 1. The summed E-state index contributed by atoms with van der Waals surface area (Å²) in [5.41, 5.74) is 2.87. The SMILES string of the molecule is O=C1NC(=Nc2ccccc2)SC1=Cc1ccc(OCc2ccccc2)cc1. The maximum atomic E-state index is 12.2. The summed E-state index contributed by atoms with van der Waals surface area (Å²) in [4.78, 5) is 17.3. The molecule has 1 saturated heterocycles. The molecule has 0 radical (unpaired) electrons. The molecule has 3 aromatic rings. The molecule has 0 bridgehead atoms. The lowest BCUT2D eigenvalue weighted by molar-refractivity contribution is -0.115. The van der Waals surface area contributed by atoms with Gasteiger partial charge in [-0.1, -0.05) is 60.7 Å². The van der Waals surface area contributed by atoms with Crippen LogP contribution >= 0.6 is 11.8 Å². The Kier molecular flexibility index (Phi) is 5.54. The molecule has 1 N–H and O–H groups in total. The molecule has 4 rings (SSSR count). The summed E-state index contributed by atoms with van der Waals surface area (Å²) in [7, 11) is 0. The van der Waals surface area contributed by atoms with Crippen molar-refractivity contribution in [2.24, 2.45) is 4.99 Å². The molecule has 1 aliphatic heterocycles. The van der Waals surface area contributed by atoms with Gasteiger partial charge in [-0.15, -0.1) is 0 Å². The van der Waals surface area contributed by atoms with Crippen molar-refractivity contribution < 1.29 is 9.53 Å². The molecule has 0 atom stereocenters. The minimum Gasteiger partial charge on any atom is -0.489 e. The van der Waals surface area contributed by atoms with Crippen LogP contribution < -0.4 is 10.1 Å². The van der Waals surface area contributed by atoms with E-state index in [1.54, 1.807) is 0 Å². The van der Waals surface area contributed by atoms with Crippen molar-refractivity contribution in [1.82, 2.24) is 5.32 Å². The van der Waals surface area contributed by atoms with Crippen molar-refractivity contribution in [2.45, 2.75) is 6.61 Å². The number of hydrogen-bond donors (Lipinski definition) is 1. The topological polar surface area (TPSA) is 50.7 Å². The van der Waals surface area contributed by atoms with E-state index in [2.05, 4.69) is 10.3 Å². The lowest BCUT2D eigenvalue weighted by Crippen LogP contribution is -2.19. The van der Waals surface area contributed by atoms with E-state index in [9.17, 15) is 4.79 Å². The molecular formula is C23H18N2O2S. The molecule has 1 heterocycles. The number of amidine groups is 1. The summed E-state index contributed by atoms with van der Waals surface area (Å²) in [5, 5.41) is 3.39. The van der Waals surface area contributed by atoms with Gasteiger partial charge in [0.1, 0.15) is 12.4 Å². The van der Waals surface area contributed by atoms with Crippen LogP contribution in [0.3, 0.4) is 0 Å². The molecule has 0 aromatic heterocycles. The summed E-state index contributed by atoms with van der Waals surface area (Å²) < 4.78 is 5.80. The Bertz CT molecular complexity index is 1010. The Morgan fingerprint density at radius 3 is 2.29 bits per heavy atom. The maximum absolute atomic E-state index is 12.2. The number of carbonyl (C=O) groups is 1. The number of thioether (sulfide) groups is 1. The molecular weight excluding hydrogens is 368 g/mol. The summed E-state index contributed by atoms with van der Waals surface area (Å²) in [6.45, 7) is 0.527. The second-order valence-corrected chi connectivity index (χ2v) is 7.19. The van der Waals surface area contributed by atoms with Crippen LogP contribution in [-0.4, -0.2) is 11.1 Å². The van der Waals surface area contributed by atoms with Gasteiger partial charge in [-0.25, -0.2) is 4.99 Å². The minimum atomic E-state index is -0.135. The van der Waals surface area contributed by atoms with E-state index >= 15 is 0 Å². The van der Waals surface area contributed by atoms with E-state index in [1.165, 1.54) is 11.8 Å². The van der Waals surface area contributed by atoms with Crippen molar-refractivity contribution in [2.75, 3.05) is 0 Å². The van der Waals surface area contributed by atoms with Gasteiger partial charge in [0.2, 0.25) is 0 Å². The molecule has 1 amide bonds. The van der Waals surface area contributed by atoms with Crippen molar-refractivity contribution >= 4 is 34.6 Å². The van der Waals surface area contributed by atoms with E-state index in [-0.39, 0.29) is 5.91 Å². The Balaban J connectivity index is 1.41. The normalized spacial score (nSPS) is 16.4. The Labute approximate surface area is 168 Å². The number of aliphatic imine (C=N–C) groups is 1. The molecule has 0 aliphatic carbocycles. The molecule has 28 heavy (non-hydrogen) atoms. The zero-order chi connectivity index (χ0) is 19.2. The van der Waals surface area contributed by atoms with Crippen LogP contribution in [0, 0.1) is 0 Å². The van der Waals surface area contributed by atoms with Crippen LogP contribution in [0.4, 0.5) is 5.69 Å². The van der Waals surface area contributed by atoms with Gasteiger partial charge in [-0.2, -0.15) is 0 Å². The fraction of sp³-hybridized carbons (Fsp3) is 0.0435. The van der Waals surface area contributed by atoms with Crippen molar-refractivity contribution in [3.8, 4) is 5.75 Å². The first-order chi connectivity index (χ1) is 13.8. The minimum absolute atomic E-state index is 0.135. The third-order valence-corrected chi connectivity index (χ3v) is 4.97. The average Bonchev–Trinajstić information content (AvgIpc) is 3.07. The van der Waals surface area contributed by atoms with Crippen molar-refractivity contribution in [3.05, 3.63) is 101 Å². The van der Waals surface area contributed by atoms with Gasteiger partial charge in [-0.05, 0) is 53.2 Å². The molecule has 0 unspecified atom stereocenters. The number of benzene rings is 3. The molecule has 5 heteroatoms. The second kappa shape index (κ2) is 8.59. The third-order valence-electron chi connectivity index (χ3n) is 4.06. The fourth-order valence-electron chi connectivity index (χ4n) is 2.65. The highest BCUT2D eigenvalue weighted by Crippen LogP contribution is 2.28. The summed E-state index contributed by atoms with van der Waals surface area (Å²) >= 11 is 1.34. The van der Waals surface area contributed by atoms with Crippen LogP contribution in [0.5, 0.6) is 5.75 Å². The number of para-hydroxylation sites is 1. The number of nitrogens with one attached hydrogen (secondary N) is 1.